The van der Waals surface area contributed by atoms with Gasteiger partial charge in [0.15, 0.2) is 5.78 Å². The van der Waals surface area contributed by atoms with Gasteiger partial charge in [-0.2, -0.15) is 0 Å². The molecule has 0 atom stereocenters. The van der Waals surface area contributed by atoms with E-state index in [2.05, 4.69) is 13.2 Å². The lowest BCUT2D eigenvalue weighted by atomic mass is 10.1. The number of carbonyl (C=O) groups is 3. The number of allylic oxidation sites excluding steroid dienone is 1. The van der Waals surface area contributed by atoms with Gasteiger partial charge in [0, 0.05) is 11.1 Å². The van der Waals surface area contributed by atoms with Crippen LogP contribution < -0.4 is 9.47 Å². The van der Waals surface area contributed by atoms with Crippen molar-refractivity contribution in [1.82, 2.24) is 0 Å². The maximum atomic E-state index is 12.4. The molecule has 0 fully saturated rings. The van der Waals surface area contributed by atoms with Gasteiger partial charge in [0.1, 0.15) is 11.5 Å². The smallest absolute Gasteiger partial charge is 0.338 e. The SMILES string of the molecule is C=C(C)C(=O)Oc1ccc(/C=C/C(=O)c2ccc(OCCCCCCOC(=O)C(=C)CO)cc2)cc1. The molecule has 0 saturated heterocycles. The first kappa shape index (κ1) is 28.3. The molecule has 2 aromatic carbocycles. The summed E-state index contributed by atoms with van der Waals surface area (Å²) in [6.07, 6.45) is 6.59. The van der Waals surface area contributed by atoms with Crippen LogP contribution in [0.3, 0.4) is 0 Å². The Hall–Kier alpha value is -3.97. The van der Waals surface area contributed by atoms with Crippen molar-refractivity contribution in [1.29, 1.82) is 0 Å². The zero-order chi connectivity index (χ0) is 26.3. The van der Waals surface area contributed by atoms with Gasteiger partial charge in [0.05, 0.1) is 25.4 Å². The summed E-state index contributed by atoms with van der Waals surface area (Å²) in [6, 6.07) is 13.8. The second kappa shape index (κ2) is 15.1. The van der Waals surface area contributed by atoms with Crippen molar-refractivity contribution in [2.45, 2.75) is 32.6 Å². The van der Waals surface area contributed by atoms with Crippen LogP contribution in [0.1, 0.15) is 48.5 Å². The van der Waals surface area contributed by atoms with Crippen LogP contribution in [0, 0.1) is 0 Å². The average molecular weight is 493 g/mol. The Morgan fingerprint density at radius 2 is 1.44 bits per heavy atom. The highest BCUT2D eigenvalue weighted by atomic mass is 16.5. The Balaban J connectivity index is 1.68. The lowest BCUT2D eigenvalue weighted by Gasteiger charge is -2.07. The van der Waals surface area contributed by atoms with Gasteiger partial charge in [-0.1, -0.05) is 31.4 Å². The maximum Gasteiger partial charge on any atom is 0.338 e. The summed E-state index contributed by atoms with van der Waals surface area (Å²) in [4.78, 5) is 35.3. The molecule has 0 heterocycles. The Kier molecular flexibility index (Phi) is 11.9. The molecule has 0 aromatic heterocycles. The quantitative estimate of drug-likeness (QED) is 0.121. The van der Waals surface area contributed by atoms with E-state index in [1.165, 1.54) is 6.08 Å². The maximum absolute atomic E-state index is 12.4. The zero-order valence-corrected chi connectivity index (χ0v) is 20.5. The first-order valence-electron chi connectivity index (χ1n) is 11.7. The van der Waals surface area contributed by atoms with Gasteiger partial charge in [-0.15, -0.1) is 0 Å². The Bertz CT molecular complexity index is 1080. The van der Waals surface area contributed by atoms with E-state index < -0.39 is 18.5 Å². The zero-order valence-electron chi connectivity index (χ0n) is 20.5. The van der Waals surface area contributed by atoms with Crippen LogP contribution in [0.5, 0.6) is 11.5 Å². The highest BCUT2D eigenvalue weighted by molar-refractivity contribution is 6.06. The predicted molar refractivity (Wildman–Crippen MR) is 138 cm³/mol. The van der Waals surface area contributed by atoms with Crippen LogP contribution >= 0.6 is 0 Å². The van der Waals surface area contributed by atoms with Gasteiger partial charge in [0.25, 0.3) is 0 Å². The summed E-state index contributed by atoms with van der Waals surface area (Å²) in [5.41, 5.74) is 1.72. The van der Waals surface area contributed by atoms with Crippen molar-refractivity contribution in [2.75, 3.05) is 19.8 Å². The molecule has 190 valence electrons. The van der Waals surface area contributed by atoms with E-state index in [1.54, 1.807) is 61.5 Å². The van der Waals surface area contributed by atoms with Gasteiger partial charge < -0.3 is 19.3 Å². The number of carbonyl (C=O) groups excluding carboxylic acids is 3. The van der Waals surface area contributed by atoms with Crippen molar-refractivity contribution in [3.8, 4) is 11.5 Å². The monoisotopic (exact) mass is 492 g/mol. The molecule has 0 radical (unpaired) electrons. The van der Waals surface area contributed by atoms with Gasteiger partial charge >= 0.3 is 11.9 Å². The lowest BCUT2D eigenvalue weighted by Crippen LogP contribution is -2.10. The summed E-state index contributed by atoms with van der Waals surface area (Å²) < 4.78 is 15.9. The average Bonchev–Trinajstić information content (AvgIpc) is 2.89. The van der Waals surface area contributed by atoms with Crippen molar-refractivity contribution in [2.24, 2.45) is 0 Å². The summed E-state index contributed by atoms with van der Waals surface area (Å²) >= 11 is 0. The Labute approximate surface area is 211 Å². The first-order valence-corrected chi connectivity index (χ1v) is 11.7. The van der Waals surface area contributed by atoms with Gasteiger partial charge in [-0.3, -0.25) is 4.79 Å². The van der Waals surface area contributed by atoms with Crippen LogP contribution in [-0.2, 0) is 14.3 Å². The minimum Gasteiger partial charge on any atom is -0.494 e. The molecule has 36 heavy (non-hydrogen) atoms. The van der Waals surface area contributed by atoms with Gasteiger partial charge in [-0.25, -0.2) is 9.59 Å². The summed E-state index contributed by atoms with van der Waals surface area (Å²) in [7, 11) is 0. The van der Waals surface area contributed by atoms with Crippen LogP contribution in [-0.4, -0.2) is 42.6 Å². The molecule has 0 amide bonds. The second-order valence-corrected chi connectivity index (χ2v) is 8.12. The molecular weight excluding hydrogens is 460 g/mol. The number of ketones is 1. The minimum absolute atomic E-state index is 0.0576. The topological polar surface area (TPSA) is 99.1 Å². The number of hydrogen-bond donors (Lipinski definition) is 1. The molecule has 0 aliphatic rings. The molecular formula is C29H32O7. The van der Waals surface area contributed by atoms with E-state index >= 15 is 0 Å². The Morgan fingerprint density at radius 3 is 2.06 bits per heavy atom. The van der Waals surface area contributed by atoms with Crippen LogP contribution in [0.15, 0.2) is 78.9 Å². The van der Waals surface area contributed by atoms with E-state index in [-0.39, 0.29) is 11.4 Å². The lowest BCUT2D eigenvalue weighted by molar-refractivity contribution is -0.139. The highest BCUT2D eigenvalue weighted by Crippen LogP contribution is 2.17. The summed E-state index contributed by atoms with van der Waals surface area (Å²) in [5, 5.41) is 8.80. The highest BCUT2D eigenvalue weighted by Gasteiger charge is 2.07. The fraction of sp³-hybridized carbons (Fsp3) is 0.276. The number of hydrogen-bond acceptors (Lipinski definition) is 7. The van der Waals surface area contributed by atoms with Crippen molar-refractivity contribution in [3.63, 3.8) is 0 Å². The Morgan fingerprint density at radius 1 is 0.833 bits per heavy atom. The minimum atomic E-state index is -0.560. The number of unbranched alkanes of at least 4 members (excludes halogenated alkanes) is 3. The standard InChI is InChI=1S/C29H32O7/c1-21(2)28(32)36-26-13-8-23(9-14-26)10-17-27(31)24-11-15-25(16-12-24)34-18-6-4-5-7-19-35-29(33)22(3)20-30/h8-17,30H,1,3-7,18-20H2,2H3/b17-10+. The fourth-order valence-corrected chi connectivity index (χ4v) is 2.90. The van der Waals surface area contributed by atoms with Crippen molar-refractivity contribution >= 4 is 23.8 Å². The first-order chi connectivity index (χ1) is 17.3. The molecule has 7 heteroatoms. The number of benzene rings is 2. The van der Waals surface area contributed by atoms with E-state index in [4.69, 9.17) is 19.3 Å². The summed E-state index contributed by atoms with van der Waals surface area (Å²) in [6.45, 7) is 8.99. The van der Waals surface area contributed by atoms with Crippen LogP contribution in [0.4, 0.5) is 0 Å². The molecule has 2 rings (SSSR count). The third kappa shape index (κ3) is 10.1. The normalized spacial score (nSPS) is 10.6. The molecule has 0 bridgehead atoms. The van der Waals surface area contributed by atoms with Crippen LogP contribution in [0.2, 0.25) is 0 Å². The molecule has 0 unspecified atom stereocenters. The van der Waals surface area contributed by atoms with Gasteiger partial charge in [-0.05, 0) is 80.6 Å². The van der Waals surface area contributed by atoms with Gasteiger partial charge in [0.2, 0.25) is 0 Å². The van der Waals surface area contributed by atoms with E-state index in [1.807, 2.05) is 0 Å². The number of esters is 2. The predicted octanol–water partition coefficient (Wildman–Crippen LogP) is 5.10. The molecule has 1 N–H and O–H groups in total. The van der Waals surface area contributed by atoms with Crippen molar-refractivity contribution < 1.29 is 33.7 Å². The molecule has 0 aliphatic carbocycles. The summed E-state index contributed by atoms with van der Waals surface area (Å²) in [5.74, 6) is -0.0817. The third-order valence-corrected chi connectivity index (χ3v) is 5.03. The molecule has 0 saturated carbocycles. The third-order valence-electron chi connectivity index (χ3n) is 5.03. The van der Waals surface area contributed by atoms with E-state index in [0.29, 0.717) is 35.8 Å². The fourth-order valence-electron chi connectivity index (χ4n) is 2.90. The van der Waals surface area contributed by atoms with E-state index in [0.717, 1.165) is 31.2 Å². The second-order valence-electron chi connectivity index (χ2n) is 8.12. The van der Waals surface area contributed by atoms with Crippen LogP contribution in [0.25, 0.3) is 6.08 Å². The molecule has 2 aromatic rings. The number of ether oxygens (including phenoxy) is 3. The largest absolute Gasteiger partial charge is 0.494 e. The number of aliphatic hydroxyl groups excluding tert-OH is 1. The molecule has 7 nitrogen and oxygen atoms in total. The molecule has 0 spiro atoms. The van der Waals surface area contributed by atoms with Crippen molar-refractivity contribution in [3.05, 3.63) is 90.0 Å². The van der Waals surface area contributed by atoms with E-state index in [9.17, 15) is 14.4 Å². The molecule has 0 aliphatic heterocycles. The number of aliphatic hydroxyl groups is 1. The number of rotatable bonds is 15.